The van der Waals surface area contributed by atoms with E-state index in [0.29, 0.717) is 5.69 Å². The van der Waals surface area contributed by atoms with Crippen molar-refractivity contribution < 1.29 is 14.5 Å². The van der Waals surface area contributed by atoms with Crippen LogP contribution in [0, 0.1) is 21.4 Å². The minimum absolute atomic E-state index is 0.0702. The van der Waals surface area contributed by atoms with Gasteiger partial charge in [-0.15, -0.1) is 0 Å². The summed E-state index contributed by atoms with van der Waals surface area (Å²) in [7, 11) is 0. The van der Waals surface area contributed by atoms with Crippen LogP contribution in [0.3, 0.4) is 0 Å². The van der Waals surface area contributed by atoms with Gasteiger partial charge in [0.15, 0.2) is 0 Å². The molecule has 102 valence electrons. The first-order chi connectivity index (χ1) is 9.43. The molecule has 8 heteroatoms. The van der Waals surface area contributed by atoms with Crippen molar-refractivity contribution in [2.75, 3.05) is 11.4 Å². The number of rotatable bonds is 2. The lowest BCUT2D eigenvalue weighted by Crippen LogP contribution is -2.57. The standard InChI is InChI=1S/C12H10N4O4/c1-7-12(18)14-11(17)6-15(7)9-3-2-8(5-13)10(4-9)16(19)20/h2-4,7H,6H2,1H3,(H,14,17,18). The second-order valence-corrected chi connectivity index (χ2v) is 4.29. The van der Waals surface area contributed by atoms with E-state index in [1.54, 1.807) is 13.0 Å². The van der Waals surface area contributed by atoms with E-state index in [-0.39, 0.29) is 17.8 Å². The summed E-state index contributed by atoms with van der Waals surface area (Å²) in [6.07, 6.45) is 0. The van der Waals surface area contributed by atoms with E-state index in [9.17, 15) is 19.7 Å². The number of nitriles is 1. The zero-order valence-electron chi connectivity index (χ0n) is 10.5. The molecule has 1 N–H and O–H groups in total. The predicted octanol–water partition coefficient (Wildman–Crippen LogP) is 0.318. The van der Waals surface area contributed by atoms with Gasteiger partial charge >= 0.3 is 0 Å². The summed E-state index contributed by atoms with van der Waals surface area (Å²) in [6, 6.07) is 5.08. The van der Waals surface area contributed by atoms with Crippen LogP contribution in [-0.2, 0) is 9.59 Å². The number of carbonyl (C=O) groups is 2. The van der Waals surface area contributed by atoms with E-state index < -0.39 is 22.8 Å². The van der Waals surface area contributed by atoms with Crippen molar-refractivity contribution in [3.8, 4) is 6.07 Å². The molecule has 1 heterocycles. The Bertz CT molecular complexity index is 649. The molecule has 1 aliphatic heterocycles. The van der Waals surface area contributed by atoms with Crippen LogP contribution in [0.1, 0.15) is 12.5 Å². The molecule has 0 radical (unpaired) electrons. The van der Waals surface area contributed by atoms with Crippen LogP contribution in [0.5, 0.6) is 0 Å². The molecule has 1 aromatic carbocycles. The van der Waals surface area contributed by atoms with Crippen molar-refractivity contribution in [1.82, 2.24) is 5.32 Å². The monoisotopic (exact) mass is 274 g/mol. The molecule has 0 aliphatic carbocycles. The Morgan fingerprint density at radius 3 is 2.80 bits per heavy atom. The van der Waals surface area contributed by atoms with E-state index in [0.717, 1.165) is 0 Å². The topological polar surface area (TPSA) is 116 Å². The van der Waals surface area contributed by atoms with Crippen molar-refractivity contribution in [3.63, 3.8) is 0 Å². The number of hydrogen-bond acceptors (Lipinski definition) is 6. The van der Waals surface area contributed by atoms with Gasteiger partial charge in [0.25, 0.3) is 5.69 Å². The van der Waals surface area contributed by atoms with Gasteiger partial charge in [-0.05, 0) is 19.1 Å². The smallest absolute Gasteiger partial charge is 0.289 e. The molecule has 2 rings (SSSR count). The molecule has 0 bridgehead atoms. The van der Waals surface area contributed by atoms with Gasteiger partial charge in [-0.1, -0.05) is 0 Å². The van der Waals surface area contributed by atoms with Crippen LogP contribution in [0.25, 0.3) is 0 Å². The molecule has 1 fully saturated rings. The lowest BCUT2D eigenvalue weighted by molar-refractivity contribution is -0.385. The highest BCUT2D eigenvalue weighted by Crippen LogP contribution is 2.27. The van der Waals surface area contributed by atoms with Crippen LogP contribution >= 0.6 is 0 Å². The number of benzene rings is 1. The number of anilines is 1. The maximum Gasteiger partial charge on any atom is 0.289 e. The summed E-state index contributed by atoms with van der Waals surface area (Å²) in [4.78, 5) is 34.7. The maximum absolute atomic E-state index is 11.6. The van der Waals surface area contributed by atoms with Crippen LogP contribution in [0.15, 0.2) is 18.2 Å². The summed E-state index contributed by atoms with van der Waals surface area (Å²) in [5.41, 5.74) is -0.0683. The van der Waals surface area contributed by atoms with Gasteiger partial charge in [-0.3, -0.25) is 25.0 Å². The molecule has 1 unspecified atom stereocenters. The number of nitrogens with one attached hydrogen (secondary N) is 1. The first kappa shape index (κ1) is 13.5. The van der Waals surface area contributed by atoms with Crippen molar-refractivity contribution in [2.24, 2.45) is 0 Å². The quantitative estimate of drug-likeness (QED) is 0.471. The van der Waals surface area contributed by atoms with E-state index in [1.165, 1.54) is 23.1 Å². The second-order valence-electron chi connectivity index (χ2n) is 4.29. The van der Waals surface area contributed by atoms with Gasteiger partial charge in [0.1, 0.15) is 17.7 Å². The zero-order valence-corrected chi connectivity index (χ0v) is 10.5. The largest absolute Gasteiger partial charge is 0.350 e. The minimum Gasteiger partial charge on any atom is -0.350 e. The number of piperazine rings is 1. The fourth-order valence-corrected chi connectivity index (χ4v) is 1.97. The molecule has 1 saturated heterocycles. The van der Waals surface area contributed by atoms with E-state index >= 15 is 0 Å². The van der Waals surface area contributed by atoms with Gasteiger partial charge in [-0.2, -0.15) is 5.26 Å². The molecular formula is C12H10N4O4. The van der Waals surface area contributed by atoms with Gasteiger partial charge in [0, 0.05) is 11.8 Å². The average Bonchev–Trinajstić information content (AvgIpc) is 2.42. The van der Waals surface area contributed by atoms with Gasteiger partial charge in [-0.25, -0.2) is 0 Å². The number of nitro groups is 1. The molecule has 1 atom stereocenters. The lowest BCUT2D eigenvalue weighted by atomic mass is 10.1. The fourth-order valence-electron chi connectivity index (χ4n) is 1.97. The third-order valence-electron chi connectivity index (χ3n) is 3.05. The first-order valence-corrected chi connectivity index (χ1v) is 5.73. The van der Waals surface area contributed by atoms with E-state index in [4.69, 9.17) is 5.26 Å². The van der Waals surface area contributed by atoms with Crippen molar-refractivity contribution in [1.29, 1.82) is 5.26 Å². The Morgan fingerprint density at radius 2 is 2.20 bits per heavy atom. The van der Waals surface area contributed by atoms with Crippen LogP contribution in [0.4, 0.5) is 11.4 Å². The summed E-state index contributed by atoms with van der Waals surface area (Å²) in [5.74, 6) is -0.937. The van der Waals surface area contributed by atoms with Crippen LogP contribution in [0.2, 0.25) is 0 Å². The lowest BCUT2D eigenvalue weighted by Gasteiger charge is -2.33. The van der Waals surface area contributed by atoms with E-state index in [1.807, 2.05) is 0 Å². The molecular weight excluding hydrogens is 264 g/mol. The third kappa shape index (κ3) is 2.29. The summed E-state index contributed by atoms with van der Waals surface area (Å²) >= 11 is 0. The fraction of sp³-hybridized carbons (Fsp3) is 0.250. The summed E-state index contributed by atoms with van der Waals surface area (Å²) < 4.78 is 0. The number of amides is 2. The highest BCUT2D eigenvalue weighted by atomic mass is 16.6. The van der Waals surface area contributed by atoms with Crippen molar-refractivity contribution in [2.45, 2.75) is 13.0 Å². The number of hydrogen-bond donors (Lipinski definition) is 1. The number of imide groups is 1. The molecule has 8 nitrogen and oxygen atoms in total. The third-order valence-corrected chi connectivity index (χ3v) is 3.05. The van der Waals surface area contributed by atoms with Gasteiger partial charge in [0.05, 0.1) is 11.5 Å². The summed E-state index contributed by atoms with van der Waals surface area (Å²) in [6.45, 7) is 1.52. The number of nitrogens with zero attached hydrogens (tertiary/aromatic N) is 3. The van der Waals surface area contributed by atoms with Gasteiger partial charge < -0.3 is 4.90 Å². The highest BCUT2D eigenvalue weighted by molar-refractivity contribution is 6.04. The number of nitro benzene ring substituents is 1. The highest BCUT2D eigenvalue weighted by Gasteiger charge is 2.31. The molecule has 1 aliphatic rings. The van der Waals surface area contributed by atoms with Crippen LogP contribution in [-0.4, -0.2) is 29.3 Å². The molecule has 0 saturated carbocycles. The minimum atomic E-state index is -0.668. The van der Waals surface area contributed by atoms with Crippen molar-refractivity contribution in [3.05, 3.63) is 33.9 Å². The van der Waals surface area contributed by atoms with Crippen molar-refractivity contribution >= 4 is 23.2 Å². The molecule has 20 heavy (non-hydrogen) atoms. The summed E-state index contributed by atoms with van der Waals surface area (Å²) in [5, 5.41) is 21.9. The normalized spacial score (nSPS) is 18.4. The SMILES string of the molecule is CC1C(=O)NC(=O)CN1c1ccc(C#N)c([N+](=O)[O-])c1. The van der Waals surface area contributed by atoms with E-state index in [2.05, 4.69) is 5.32 Å². The molecule has 0 spiro atoms. The Hall–Kier alpha value is -2.95. The Morgan fingerprint density at radius 1 is 1.50 bits per heavy atom. The second kappa shape index (κ2) is 4.97. The first-order valence-electron chi connectivity index (χ1n) is 5.73. The predicted molar refractivity (Wildman–Crippen MR) is 67.8 cm³/mol. The molecule has 1 aromatic rings. The Balaban J connectivity index is 2.45. The molecule has 2 amide bonds. The Labute approximate surface area is 113 Å². The van der Waals surface area contributed by atoms with Gasteiger partial charge in [0.2, 0.25) is 11.8 Å². The Kier molecular flexibility index (Phi) is 3.35. The average molecular weight is 274 g/mol. The zero-order chi connectivity index (χ0) is 14.9. The maximum atomic E-state index is 11.6. The number of carbonyl (C=O) groups excluding carboxylic acids is 2. The van der Waals surface area contributed by atoms with Crippen LogP contribution < -0.4 is 10.2 Å². The molecule has 0 aromatic heterocycles.